The van der Waals surface area contributed by atoms with E-state index in [1.165, 1.54) is 28.8 Å². The van der Waals surface area contributed by atoms with Crippen LogP contribution in [0.2, 0.25) is 5.02 Å². The molecule has 2 aromatic heterocycles. The van der Waals surface area contributed by atoms with E-state index in [-0.39, 0.29) is 39.9 Å². The first-order valence-electron chi connectivity index (χ1n) is 24.7. The fraction of sp³-hybridized carbons (Fsp3) is 0.453. The first-order valence-corrected chi connectivity index (χ1v) is 27.3. The van der Waals surface area contributed by atoms with Crippen LogP contribution in [0.15, 0.2) is 101 Å². The van der Waals surface area contributed by atoms with Gasteiger partial charge in [-0.05, 0) is 149 Å². The van der Waals surface area contributed by atoms with Crippen LogP contribution in [-0.4, -0.2) is 128 Å². The average molecular weight is 1070 g/mol. The summed E-state index contributed by atoms with van der Waals surface area (Å²) in [6.07, 6.45) is 7.32. The largest absolute Gasteiger partial charge is 0.501 e. The second-order valence-electron chi connectivity index (χ2n) is 20.6. The summed E-state index contributed by atoms with van der Waals surface area (Å²) in [4.78, 5) is 41.8. The Morgan fingerprint density at radius 3 is 2.40 bits per heavy atom. The van der Waals surface area contributed by atoms with Gasteiger partial charge in [0.15, 0.2) is 0 Å². The number of aromatic nitrogens is 2. The number of sulfone groups is 1. The van der Waals surface area contributed by atoms with Crippen molar-refractivity contribution in [2.45, 2.75) is 87.6 Å². The lowest BCUT2D eigenvalue weighted by molar-refractivity contribution is -0.0436. The van der Waals surface area contributed by atoms with Gasteiger partial charge >= 0.3 is 11.6 Å². The zero-order chi connectivity index (χ0) is 52.1. The number of ether oxygens (including phenoxy) is 2. The lowest BCUT2D eigenvalue weighted by atomic mass is 9.72. The molecule has 14 nitrogen and oxygen atoms in total. The van der Waals surface area contributed by atoms with Crippen molar-refractivity contribution in [3.05, 3.63) is 107 Å². The number of rotatable bonds is 15. The predicted molar refractivity (Wildman–Crippen MR) is 282 cm³/mol. The van der Waals surface area contributed by atoms with Crippen LogP contribution in [0.4, 0.5) is 29.3 Å². The van der Waals surface area contributed by atoms with E-state index in [1.54, 1.807) is 35.5 Å². The third kappa shape index (κ3) is 13.8. The van der Waals surface area contributed by atoms with Gasteiger partial charge in [0.25, 0.3) is 15.7 Å². The van der Waals surface area contributed by atoms with E-state index in [1.807, 2.05) is 45.0 Å². The van der Waals surface area contributed by atoms with E-state index in [9.17, 15) is 31.2 Å². The Hall–Kier alpha value is -5.47. The van der Waals surface area contributed by atoms with Gasteiger partial charge in [-0.15, -0.1) is 0 Å². The van der Waals surface area contributed by atoms with Crippen molar-refractivity contribution in [1.82, 2.24) is 29.4 Å². The van der Waals surface area contributed by atoms with E-state index in [4.69, 9.17) is 21.1 Å². The number of hydrogen-bond acceptors (Lipinski definition) is 12. The van der Waals surface area contributed by atoms with Gasteiger partial charge in [0.05, 0.1) is 17.4 Å². The molecule has 4 heterocycles. The predicted octanol–water partition coefficient (Wildman–Crippen LogP) is 11.3. The quantitative estimate of drug-likeness (QED) is 0.0676. The van der Waals surface area contributed by atoms with Gasteiger partial charge in [-0.2, -0.15) is 13.2 Å². The highest BCUT2D eigenvalue weighted by molar-refractivity contribution is 7.98. The van der Waals surface area contributed by atoms with Gasteiger partial charge < -0.3 is 34.5 Å². The Kier molecular flexibility index (Phi) is 16.6. The number of amides is 2. The van der Waals surface area contributed by atoms with Crippen molar-refractivity contribution in [3.8, 4) is 11.5 Å². The van der Waals surface area contributed by atoms with Crippen molar-refractivity contribution >= 4 is 73.4 Å². The van der Waals surface area contributed by atoms with E-state index in [0.29, 0.717) is 62.5 Å². The number of fused-ring (bicyclic) bond motifs is 1. The number of aromatic amines is 1. The molecule has 0 saturated carbocycles. The topological polar surface area (TPSA) is 152 Å². The lowest BCUT2D eigenvalue weighted by Gasteiger charge is -2.39. The summed E-state index contributed by atoms with van der Waals surface area (Å²) >= 11 is 6.95. The van der Waals surface area contributed by atoms with E-state index in [2.05, 4.69) is 60.7 Å². The summed E-state index contributed by atoms with van der Waals surface area (Å²) in [5, 5.41) is 4.42. The van der Waals surface area contributed by atoms with Crippen LogP contribution >= 0.6 is 23.5 Å². The minimum atomic E-state index is -5.80. The van der Waals surface area contributed by atoms with Gasteiger partial charge in [0, 0.05) is 92.2 Å². The van der Waals surface area contributed by atoms with Gasteiger partial charge in [0.2, 0.25) is 0 Å². The molecule has 3 N–H and O–H groups in total. The first-order chi connectivity index (χ1) is 34.6. The molecule has 0 spiro atoms. The van der Waals surface area contributed by atoms with Gasteiger partial charge in [-0.1, -0.05) is 43.2 Å². The lowest BCUT2D eigenvalue weighted by Crippen LogP contribution is -2.47. The molecule has 2 saturated heterocycles. The van der Waals surface area contributed by atoms with Crippen LogP contribution in [0.5, 0.6) is 11.5 Å². The average Bonchev–Trinajstić information content (AvgIpc) is 3.68. The Bertz CT molecular complexity index is 2920. The smallest absolute Gasteiger partial charge is 0.455 e. The number of H-pyrrole nitrogens is 1. The summed E-state index contributed by atoms with van der Waals surface area (Å²) in [6, 6.07) is 20.7. The summed E-state index contributed by atoms with van der Waals surface area (Å²) in [5.41, 5.74) is -0.447. The molecule has 2 fully saturated rings. The van der Waals surface area contributed by atoms with Crippen LogP contribution < -0.4 is 19.7 Å². The minimum absolute atomic E-state index is 0.0629. The molecular formula is C53H64ClF3N8O6S2. The molecule has 1 aliphatic carbocycles. The zero-order valence-electron chi connectivity index (χ0n) is 41.9. The minimum Gasteiger partial charge on any atom is -0.455 e. The summed E-state index contributed by atoms with van der Waals surface area (Å²) in [7, 11) is -5.80. The number of halogens is 4. The van der Waals surface area contributed by atoms with Gasteiger partial charge in [-0.3, -0.25) is 14.4 Å². The van der Waals surface area contributed by atoms with Crippen LogP contribution in [0.1, 0.15) is 82.6 Å². The molecule has 5 aromatic rings. The van der Waals surface area contributed by atoms with E-state index >= 15 is 0 Å². The highest BCUT2D eigenvalue weighted by Crippen LogP contribution is 2.44. The molecule has 0 bridgehead atoms. The fourth-order valence-corrected chi connectivity index (χ4v) is 11.2. The molecular weight excluding hydrogens is 1000 g/mol. The number of nitrogens with one attached hydrogen (secondary N) is 3. The second-order valence-corrected chi connectivity index (χ2v) is 23.9. The number of hydrogen-bond donors (Lipinski definition) is 3. The number of allylic oxidation sites excluding steroid dienone is 1. The fourth-order valence-electron chi connectivity index (χ4n) is 9.43. The van der Waals surface area contributed by atoms with Crippen molar-refractivity contribution in [2.75, 3.05) is 82.2 Å². The van der Waals surface area contributed by atoms with Crippen LogP contribution in [0.25, 0.3) is 16.6 Å². The first kappa shape index (κ1) is 53.8. The molecule has 3 aliphatic rings. The summed E-state index contributed by atoms with van der Waals surface area (Å²) in [5.74, 6) is 0.00733. The Labute approximate surface area is 435 Å². The molecule has 73 heavy (non-hydrogen) atoms. The highest BCUT2D eigenvalue weighted by atomic mass is 35.5. The molecule has 8 rings (SSSR count). The maximum Gasteiger partial charge on any atom is 0.501 e. The highest BCUT2D eigenvalue weighted by Gasteiger charge is 2.48. The molecule has 0 radical (unpaired) electrons. The number of carbonyl (C=O) groups excluding carboxylic acids is 2. The van der Waals surface area contributed by atoms with E-state index < -0.39 is 31.7 Å². The number of nitrogens with zero attached hydrogens (tertiary/aromatic N) is 5. The molecule has 0 atom stereocenters. The number of alkyl halides is 3. The number of pyridine rings is 1. The van der Waals surface area contributed by atoms with Crippen molar-refractivity contribution in [3.63, 3.8) is 0 Å². The van der Waals surface area contributed by atoms with Crippen molar-refractivity contribution in [1.29, 1.82) is 0 Å². The Morgan fingerprint density at radius 2 is 1.66 bits per heavy atom. The van der Waals surface area contributed by atoms with E-state index in [0.717, 1.165) is 80.6 Å². The molecule has 0 unspecified atom stereocenters. The maximum atomic E-state index is 14.1. The molecule has 3 aromatic carbocycles. The van der Waals surface area contributed by atoms with Crippen molar-refractivity contribution in [2.24, 2.45) is 5.41 Å². The van der Waals surface area contributed by atoms with Crippen LogP contribution in [0.3, 0.4) is 0 Å². The van der Waals surface area contributed by atoms with Crippen LogP contribution in [0, 0.1) is 5.41 Å². The monoisotopic (exact) mass is 1060 g/mol. The standard InChI is InChI=1S/C53H64ClF3N8O6S2/c1-51(2,3)71-50(67)65-23-7-22-62(24-29-65)21-6-19-58-45-15-13-42(32-47(45)73(68,69)53(55,56)57)72-61-49(66)43-14-12-40(31-46(43)70-41-30-37-17-20-59-48(37)60-34-41)64-27-25-63(26-28-64)35-38-16-18-52(4,5)33-44(38)36-8-10-39(54)11-9-36/h8-15,17,20,30-32,34,58H,6-7,16,18-19,21-29,33,35H2,1-5H3,(H,59,60)(H,61,66). The number of piperazine rings is 1. The third-order valence-electron chi connectivity index (χ3n) is 13.4. The van der Waals surface area contributed by atoms with Gasteiger partial charge in [0.1, 0.15) is 27.6 Å². The number of anilines is 2. The molecule has 392 valence electrons. The zero-order valence-corrected chi connectivity index (χ0v) is 44.3. The second kappa shape index (κ2) is 22.6. The summed E-state index contributed by atoms with van der Waals surface area (Å²) < 4.78 is 82.9. The molecule has 2 aliphatic heterocycles. The Morgan fingerprint density at radius 1 is 0.904 bits per heavy atom. The van der Waals surface area contributed by atoms with Crippen LogP contribution in [-0.2, 0) is 14.6 Å². The molecule has 20 heteroatoms. The number of benzene rings is 3. The SMILES string of the molecule is CC1(C)CCC(CN2CCN(c3ccc(C(=O)NSc4ccc(NCCCN5CCCN(C(=O)OC(C)(C)C)CC5)c(S(=O)(=O)C(F)(F)F)c4)c(Oc4cnc5[nH]ccc5c4)c3)CC2)=C(c2ccc(Cl)cc2)C1. The summed E-state index contributed by atoms with van der Waals surface area (Å²) in [6.45, 7) is 17.1. The number of carbonyl (C=O) groups is 2. The maximum absolute atomic E-state index is 14.1. The third-order valence-corrected chi connectivity index (χ3v) is 15.9. The molecule has 2 amide bonds. The Balaban J connectivity index is 0.938. The van der Waals surface area contributed by atoms with Gasteiger partial charge in [-0.25, -0.2) is 18.2 Å². The van der Waals surface area contributed by atoms with Crippen molar-refractivity contribution < 1.29 is 40.7 Å². The normalized spacial score (nSPS) is 17.4.